The van der Waals surface area contributed by atoms with Crippen LogP contribution in [0.25, 0.3) is 0 Å². The SMILES string of the molecule is COc1cccc([C@H]2C(C(=O)c3cccs3)=C(O)C(=O)N2c2nnc(SC)s2)c1. The number of rotatable bonds is 6. The fourth-order valence-corrected chi connectivity index (χ4v) is 5.05. The van der Waals surface area contributed by atoms with Crippen LogP contribution in [-0.4, -0.2) is 40.4 Å². The monoisotopic (exact) mass is 445 g/mol. The zero-order valence-electron chi connectivity index (χ0n) is 15.4. The average molecular weight is 446 g/mol. The van der Waals surface area contributed by atoms with Crippen LogP contribution in [0.2, 0.25) is 0 Å². The fraction of sp³-hybridized carbons (Fsp3) is 0.158. The number of aromatic nitrogens is 2. The lowest BCUT2D eigenvalue weighted by Gasteiger charge is -2.24. The first-order valence-corrected chi connectivity index (χ1v) is 11.3. The van der Waals surface area contributed by atoms with Gasteiger partial charge in [0, 0.05) is 0 Å². The van der Waals surface area contributed by atoms with Gasteiger partial charge in [0.2, 0.25) is 10.9 Å². The van der Waals surface area contributed by atoms with Crippen molar-refractivity contribution in [3.8, 4) is 5.75 Å². The lowest BCUT2D eigenvalue weighted by molar-refractivity contribution is -0.117. The van der Waals surface area contributed by atoms with E-state index in [1.165, 1.54) is 46.4 Å². The standard InChI is InChI=1S/C19H15N3O4S3/c1-26-11-6-3-5-10(9-11)14-13(15(23)12-7-4-8-28-12)16(24)17(25)22(14)18-20-21-19(27-2)29-18/h3-9,14,24H,1-2H3/t14-/m0/s1. The Morgan fingerprint density at radius 3 is 2.76 bits per heavy atom. The number of aliphatic hydroxyl groups excluding tert-OH is 1. The molecule has 1 atom stereocenters. The van der Waals surface area contributed by atoms with Gasteiger partial charge in [0.1, 0.15) is 5.75 Å². The third-order valence-corrected chi connectivity index (χ3v) is 7.15. The Balaban J connectivity index is 1.88. The number of aliphatic hydroxyl groups is 1. The van der Waals surface area contributed by atoms with Gasteiger partial charge < -0.3 is 9.84 Å². The van der Waals surface area contributed by atoms with Crippen molar-refractivity contribution in [3.05, 3.63) is 63.6 Å². The van der Waals surface area contributed by atoms with Gasteiger partial charge in [-0.1, -0.05) is 41.3 Å². The summed E-state index contributed by atoms with van der Waals surface area (Å²) >= 11 is 3.88. The summed E-state index contributed by atoms with van der Waals surface area (Å²) in [5, 5.41) is 20.9. The molecule has 1 aliphatic rings. The maximum absolute atomic E-state index is 13.2. The molecule has 1 amide bonds. The van der Waals surface area contributed by atoms with Crippen LogP contribution in [0.4, 0.5) is 5.13 Å². The number of carbonyl (C=O) groups is 2. The third-order valence-electron chi connectivity index (χ3n) is 4.38. The van der Waals surface area contributed by atoms with Gasteiger partial charge in [-0.25, -0.2) is 0 Å². The number of nitrogens with zero attached hydrogens (tertiary/aromatic N) is 3. The molecule has 1 aliphatic heterocycles. The lowest BCUT2D eigenvalue weighted by atomic mass is 9.95. The van der Waals surface area contributed by atoms with Crippen LogP contribution >= 0.6 is 34.4 Å². The normalized spacial score (nSPS) is 16.6. The first-order chi connectivity index (χ1) is 14.0. The minimum atomic E-state index is -0.838. The van der Waals surface area contributed by atoms with Crippen LogP contribution in [0, 0.1) is 0 Å². The highest BCUT2D eigenvalue weighted by atomic mass is 32.2. The van der Waals surface area contributed by atoms with Crippen molar-refractivity contribution in [3.63, 3.8) is 0 Å². The molecule has 29 heavy (non-hydrogen) atoms. The van der Waals surface area contributed by atoms with E-state index in [1.54, 1.807) is 41.8 Å². The van der Waals surface area contributed by atoms with Crippen LogP contribution in [-0.2, 0) is 4.79 Å². The van der Waals surface area contributed by atoms with Gasteiger partial charge in [-0.3, -0.25) is 14.5 Å². The zero-order chi connectivity index (χ0) is 20.5. The second-order valence-corrected chi connectivity index (χ2v) is 8.93. The summed E-state index contributed by atoms with van der Waals surface area (Å²) in [5.74, 6) is -1.07. The van der Waals surface area contributed by atoms with E-state index in [9.17, 15) is 14.7 Å². The lowest BCUT2D eigenvalue weighted by Crippen LogP contribution is -2.31. The number of benzene rings is 1. The fourth-order valence-electron chi connectivity index (χ4n) is 3.08. The van der Waals surface area contributed by atoms with E-state index in [0.717, 1.165) is 0 Å². The van der Waals surface area contributed by atoms with Crippen molar-refractivity contribution in [1.82, 2.24) is 10.2 Å². The molecule has 3 heterocycles. The topological polar surface area (TPSA) is 92.6 Å². The molecule has 10 heteroatoms. The molecular weight excluding hydrogens is 430 g/mol. The summed E-state index contributed by atoms with van der Waals surface area (Å²) in [5.41, 5.74) is 0.647. The minimum absolute atomic E-state index is 0.0200. The summed E-state index contributed by atoms with van der Waals surface area (Å²) in [6.45, 7) is 0. The molecule has 0 aliphatic carbocycles. The smallest absolute Gasteiger partial charge is 0.296 e. The van der Waals surface area contributed by atoms with Gasteiger partial charge >= 0.3 is 0 Å². The molecule has 3 aromatic rings. The minimum Gasteiger partial charge on any atom is -0.503 e. The third kappa shape index (κ3) is 3.43. The number of amides is 1. The molecule has 0 spiro atoms. The molecule has 0 saturated carbocycles. The van der Waals surface area contributed by atoms with E-state index >= 15 is 0 Å². The number of thioether (sulfide) groups is 1. The Morgan fingerprint density at radius 1 is 1.28 bits per heavy atom. The molecule has 4 rings (SSSR count). The first kappa shape index (κ1) is 19.6. The van der Waals surface area contributed by atoms with E-state index in [-0.39, 0.29) is 5.57 Å². The van der Waals surface area contributed by atoms with Gasteiger partial charge in [-0.15, -0.1) is 21.5 Å². The molecule has 1 N–H and O–H groups in total. The number of thiophene rings is 1. The maximum atomic E-state index is 13.2. The van der Waals surface area contributed by atoms with Crippen molar-refractivity contribution < 1.29 is 19.4 Å². The van der Waals surface area contributed by atoms with E-state index in [0.29, 0.717) is 25.7 Å². The van der Waals surface area contributed by atoms with E-state index in [2.05, 4.69) is 10.2 Å². The highest BCUT2D eigenvalue weighted by Gasteiger charge is 2.46. The number of hydrogen-bond acceptors (Lipinski definition) is 9. The molecule has 1 aromatic carbocycles. The summed E-state index contributed by atoms with van der Waals surface area (Å²) in [4.78, 5) is 27.9. The van der Waals surface area contributed by atoms with Gasteiger partial charge in [0.25, 0.3) is 5.91 Å². The van der Waals surface area contributed by atoms with Crippen LogP contribution in [0.5, 0.6) is 5.75 Å². The number of Topliss-reactive ketones (excluding diaryl/α,β-unsaturated/α-hetero) is 1. The Labute approximate surface area is 178 Å². The number of methoxy groups -OCH3 is 1. The number of carbonyl (C=O) groups excluding carboxylic acids is 2. The van der Waals surface area contributed by atoms with E-state index in [1.807, 2.05) is 6.26 Å². The van der Waals surface area contributed by atoms with Gasteiger partial charge in [0.05, 0.1) is 23.6 Å². The molecule has 0 radical (unpaired) electrons. The van der Waals surface area contributed by atoms with E-state index in [4.69, 9.17) is 4.74 Å². The Morgan fingerprint density at radius 2 is 2.10 bits per heavy atom. The van der Waals surface area contributed by atoms with Crippen LogP contribution < -0.4 is 9.64 Å². The average Bonchev–Trinajstić information content (AvgIpc) is 3.48. The second kappa shape index (κ2) is 7.97. The van der Waals surface area contributed by atoms with Gasteiger partial charge in [-0.05, 0) is 35.4 Å². The maximum Gasteiger partial charge on any atom is 0.296 e. The van der Waals surface area contributed by atoms with Crippen molar-refractivity contribution >= 4 is 51.3 Å². The van der Waals surface area contributed by atoms with Crippen molar-refractivity contribution in [2.75, 3.05) is 18.3 Å². The summed E-state index contributed by atoms with van der Waals surface area (Å²) in [7, 11) is 1.54. The predicted molar refractivity (Wildman–Crippen MR) is 113 cm³/mol. The quantitative estimate of drug-likeness (QED) is 0.347. The predicted octanol–water partition coefficient (Wildman–Crippen LogP) is 4.11. The Hall–Kier alpha value is -2.69. The molecule has 7 nitrogen and oxygen atoms in total. The van der Waals surface area contributed by atoms with Crippen LogP contribution in [0.1, 0.15) is 21.3 Å². The number of ether oxygens (including phenoxy) is 1. The molecule has 2 aromatic heterocycles. The second-order valence-electron chi connectivity index (χ2n) is 5.98. The van der Waals surface area contributed by atoms with Crippen molar-refractivity contribution in [2.45, 2.75) is 10.4 Å². The Bertz CT molecular complexity index is 1110. The molecule has 148 valence electrons. The molecule has 0 unspecified atom stereocenters. The summed E-state index contributed by atoms with van der Waals surface area (Å²) in [6, 6.07) is 9.64. The highest BCUT2D eigenvalue weighted by Crippen LogP contribution is 2.44. The van der Waals surface area contributed by atoms with Crippen LogP contribution in [0.3, 0.4) is 0 Å². The molecule has 0 fully saturated rings. The van der Waals surface area contributed by atoms with E-state index < -0.39 is 23.5 Å². The number of hydrogen-bond donors (Lipinski definition) is 1. The Kier molecular flexibility index (Phi) is 5.39. The van der Waals surface area contributed by atoms with Gasteiger partial charge in [-0.2, -0.15) is 0 Å². The number of anilines is 1. The number of ketones is 1. The largest absolute Gasteiger partial charge is 0.503 e. The van der Waals surface area contributed by atoms with Crippen molar-refractivity contribution in [1.29, 1.82) is 0 Å². The van der Waals surface area contributed by atoms with Crippen LogP contribution in [0.15, 0.2) is 57.5 Å². The molecule has 0 bridgehead atoms. The van der Waals surface area contributed by atoms with Gasteiger partial charge in [0.15, 0.2) is 10.1 Å². The molecular formula is C19H15N3O4S3. The molecule has 0 saturated heterocycles. The zero-order valence-corrected chi connectivity index (χ0v) is 17.8. The highest BCUT2D eigenvalue weighted by molar-refractivity contribution is 8.00. The first-order valence-electron chi connectivity index (χ1n) is 8.41. The summed E-state index contributed by atoms with van der Waals surface area (Å²) in [6.07, 6.45) is 1.86. The van der Waals surface area contributed by atoms with Crippen molar-refractivity contribution in [2.24, 2.45) is 0 Å². The summed E-state index contributed by atoms with van der Waals surface area (Å²) < 4.78 is 5.98.